The summed E-state index contributed by atoms with van der Waals surface area (Å²) in [5.74, 6) is -0.0615. The van der Waals surface area contributed by atoms with Gasteiger partial charge in [0.05, 0.1) is 15.9 Å². The highest BCUT2D eigenvalue weighted by atomic mass is 16.6. The Kier molecular flexibility index (Phi) is 3.03. The number of fused-ring (bicyclic) bond motifs is 2. The zero-order valence-corrected chi connectivity index (χ0v) is 12.9. The van der Waals surface area contributed by atoms with E-state index < -0.39 is 21.6 Å². The van der Waals surface area contributed by atoms with E-state index in [4.69, 9.17) is 0 Å². The summed E-state index contributed by atoms with van der Waals surface area (Å²) in [4.78, 5) is 21.5. The number of hydrogen-bond acceptors (Lipinski definition) is 8. The Bertz CT molecular complexity index is 1020. The molecule has 11 nitrogen and oxygen atoms in total. The number of rotatable bonds is 3. The summed E-state index contributed by atoms with van der Waals surface area (Å²) in [6, 6.07) is 6.53. The van der Waals surface area contributed by atoms with Crippen molar-refractivity contribution in [3.05, 3.63) is 79.5 Å². The van der Waals surface area contributed by atoms with Crippen LogP contribution < -0.4 is 5.53 Å². The molecule has 1 N–H and O–H groups in total. The molecule has 11 heteroatoms. The van der Waals surface area contributed by atoms with Gasteiger partial charge in [-0.3, -0.25) is 20.2 Å². The summed E-state index contributed by atoms with van der Waals surface area (Å²) >= 11 is 0. The van der Waals surface area contributed by atoms with E-state index in [0.29, 0.717) is 5.56 Å². The lowest BCUT2D eigenvalue weighted by atomic mass is 9.99. The second kappa shape index (κ2) is 5.12. The molecule has 2 aliphatic rings. The third kappa shape index (κ3) is 2.06. The molecule has 0 saturated carbocycles. The van der Waals surface area contributed by atoms with Crippen LogP contribution in [0, 0.1) is 20.2 Å². The van der Waals surface area contributed by atoms with Gasteiger partial charge in [0.1, 0.15) is 0 Å². The minimum atomic E-state index is -0.908. The largest absolute Gasteiger partial charge is 0.350 e. The second-order valence-corrected chi connectivity index (χ2v) is 5.58. The third-order valence-electron chi connectivity index (χ3n) is 4.21. The third-order valence-corrected chi connectivity index (χ3v) is 4.21. The number of para-hydroxylation sites is 1. The van der Waals surface area contributed by atoms with Crippen LogP contribution in [0.2, 0.25) is 0 Å². The van der Waals surface area contributed by atoms with E-state index in [1.807, 2.05) is 35.9 Å². The minimum absolute atomic E-state index is 0.0615. The van der Waals surface area contributed by atoms with Gasteiger partial charge in [0, 0.05) is 29.7 Å². The maximum absolute atomic E-state index is 11.6. The highest BCUT2D eigenvalue weighted by molar-refractivity contribution is 5.84. The molecular formula is C14H11N7O4. The molecule has 126 valence electrons. The topological polar surface area (TPSA) is 131 Å². The van der Waals surface area contributed by atoms with Crippen molar-refractivity contribution in [1.82, 2.24) is 15.1 Å². The molecule has 1 aromatic heterocycles. The zero-order chi connectivity index (χ0) is 17.7. The predicted molar refractivity (Wildman–Crippen MR) is 84.6 cm³/mol. The quantitative estimate of drug-likeness (QED) is 0.671. The average Bonchev–Trinajstić information content (AvgIpc) is 3.18. The summed E-state index contributed by atoms with van der Waals surface area (Å²) < 4.78 is 1.85. The van der Waals surface area contributed by atoms with E-state index in [1.54, 1.807) is 6.20 Å². The number of allylic oxidation sites excluding steroid dienone is 1. The lowest BCUT2D eigenvalue weighted by Crippen LogP contribution is -2.39. The van der Waals surface area contributed by atoms with Crippen molar-refractivity contribution in [2.45, 2.75) is 6.04 Å². The average molecular weight is 341 g/mol. The van der Waals surface area contributed by atoms with Crippen LogP contribution in [0.4, 0.5) is 0 Å². The van der Waals surface area contributed by atoms with Crippen LogP contribution in [-0.4, -0.2) is 19.4 Å². The predicted octanol–water partition coefficient (Wildman–Crippen LogP) is 2.03. The smallest absolute Gasteiger partial charge is 0.321 e. The Morgan fingerprint density at radius 3 is 2.68 bits per heavy atom. The van der Waals surface area contributed by atoms with Crippen LogP contribution >= 0.6 is 0 Å². The van der Waals surface area contributed by atoms with Gasteiger partial charge in [0.15, 0.2) is 6.04 Å². The Morgan fingerprint density at radius 1 is 1.20 bits per heavy atom. The van der Waals surface area contributed by atoms with E-state index >= 15 is 0 Å². The summed E-state index contributed by atoms with van der Waals surface area (Å²) in [6.07, 6.45) is 2.71. The first kappa shape index (κ1) is 14.8. The molecule has 0 fully saturated rings. The molecule has 1 atom stereocenters. The summed E-state index contributed by atoms with van der Waals surface area (Å²) in [7, 11) is 1.83. The molecule has 0 amide bonds. The number of benzene rings is 1. The van der Waals surface area contributed by atoms with Gasteiger partial charge in [-0.05, 0) is 6.07 Å². The first-order chi connectivity index (χ1) is 12.0. The maximum atomic E-state index is 11.6. The first-order valence-electron chi connectivity index (χ1n) is 7.23. The van der Waals surface area contributed by atoms with Gasteiger partial charge in [-0.15, -0.1) is 5.11 Å². The van der Waals surface area contributed by atoms with Gasteiger partial charge in [-0.1, -0.05) is 23.4 Å². The summed E-state index contributed by atoms with van der Waals surface area (Å²) in [6.45, 7) is 0. The van der Waals surface area contributed by atoms with Gasteiger partial charge < -0.3 is 4.57 Å². The molecule has 0 saturated heterocycles. The van der Waals surface area contributed by atoms with E-state index in [-0.39, 0.29) is 11.5 Å². The van der Waals surface area contributed by atoms with Crippen molar-refractivity contribution in [1.29, 1.82) is 0 Å². The highest BCUT2D eigenvalue weighted by Crippen LogP contribution is 2.41. The number of aryl methyl sites for hydroxylation is 1. The molecular weight excluding hydrogens is 330 g/mol. The fourth-order valence-corrected chi connectivity index (χ4v) is 3.16. The number of hydrazine groups is 1. The number of nitrogens with one attached hydrogen (secondary N) is 1. The van der Waals surface area contributed by atoms with Gasteiger partial charge in [-0.25, -0.2) is 5.01 Å². The van der Waals surface area contributed by atoms with Crippen molar-refractivity contribution in [2.24, 2.45) is 17.4 Å². The molecule has 2 aliphatic heterocycles. The Morgan fingerprint density at radius 2 is 1.96 bits per heavy atom. The van der Waals surface area contributed by atoms with Crippen LogP contribution in [-0.2, 0) is 7.05 Å². The summed E-state index contributed by atoms with van der Waals surface area (Å²) in [5.41, 5.74) is 3.24. The van der Waals surface area contributed by atoms with Crippen LogP contribution in [0.5, 0.6) is 0 Å². The molecule has 1 unspecified atom stereocenters. The zero-order valence-electron chi connectivity index (χ0n) is 12.9. The van der Waals surface area contributed by atoms with E-state index in [1.165, 1.54) is 5.01 Å². The Hall–Kier alpha value is -3.76. The van der Waals surface area contributed by atoms with Crippen molar-refractivity contribution < 1.29 is 9.85 Å². The first-order valence-corrected chi connectivity index (χ1v) is 7.23. The van der Waals surface area contributed by atoms with Crippen LogP contribution in [0.3, 0.4) is 0 Å². The Balaban J connectivity index is 1.96. The molecule has 1 aromatic carbocycles. The fraction of sp³-hybridized carbons (Fsp3) is 0.143. The van der Waals surface area contributed by atoms with E-state index in [9.17, 15) is 20.2 Å². The van der Waals surface area contributed by atoms with E-state index in [0.717, 1.165) is 17.0 Å². The van der Waals surface area contributed by atoms with Crippen molar-refractivity contribution in [3.63, 3.8) is 0 Å². The molecule has 0 bridgehead atoms. The van der Waals surface area contributed by atoms with Crippen molar-refractivity contribution in [3.8, 4) is 0 Å². The molecule has 25 heavy (non-hydrogen) atoms. The van der Waals surface area contributed by atoms with Gasteiger partial charge in [-0.2, -0.15) is 5.53 Å². The molecule has 4 rings (SSSR count). The molecule has 0 aliphatic carbocycles. The molecule has 0 radical (unpaired) electrons. The molecule has 2 aromatic rings. The number of aromatic nitrogens is 1. The molecule has 0 spiro atoms. The molecule has 3 heterocycles. The summed E-state index contributed by atoms with van der Waals surface area (Å²) in [5, 5.41) is 32.2. The lowest BCUT2D eigenvalue weighted by molar-refractivity contribution is -0.445. The lowest BCUT2D eigenvalue weighted by Gasteiger charge is -2.27. The number of hydrogen-bond donors (Lipinski definition) is 1. The van der Waals surface area contributed by atoms with Crippen LogP contribution in [0.1, 0.15) is 11.6 Å². The van der Waals surface area contributed by atoms with Crippen LogP contribution in [0.15, 0.2) is 64.1 Å². The Labute approximate surface area is 139 Å². The fourth-order valence-electron chi connectivity index (χ4n) is 3.16. The van der Waals surface area contributed by atoms with Crippen molar-refractivity contribution in [2.75, 3.05) is 0 Å². The highest BCUT2D eigenvalue weighted by Gasteiger charge is 2.46. The SMILES string of the molecule is Cn1cc(C2C([N+](=O)[O-])=CC([N+](=O)[O-])=C3N=NNN32)c2ccccc21. The second-order valence-electron chi connectivity index (χ2n) is 5.58. The van der Waals surface area contributed by atoms with Gasteiger partial charge >= 0.3 is 5.70 Å². The van der Waals surface area contributed by atoms with Crippen LogP contribution in [0.25, 0.3) is 10.9 Å². The minimum Gasteiger partial charge on any atom is -0.350 e. The van der Waals surface area contributed by atoms with Gasteiger partial charge in [0.25, 0.3) is 11.5 Å². The number of nitrogens with zero attached hydrogens (tertiary/aromatic N) is 6. The van der Waals surface area contributed by atoms with Crippen molar-refractivity contribution >= 4 is 10.9 Å². The van der Waals surface area contributed by atoms with E-state index in [2.05, 4.69) is 15.9 Å². The standard InChI is InChI=1S/C14H11N7O4/c1-18-7-9(8-4-2-3-5-10(8)18)13-11(20(22)23)6-12(21(24)25)14-15-16-17-19(13)14/h2-7,13H,1H3,(H,15,17). The number of nitro groups is 2. The monoisotopic (exact) mass is 341 g/mol. The maximum Gasteiger partial charge on any atom is 0.321 e. The normalized spacial score (nSPS) is 19.0. The van der Waals surface area contributed by atoms with Gasteiger partial charge in [0.2, 0.25) is 0 Å².